The predicted octanol–water partition coefficient (Wildman–Crippen LogP) is 1.95. The largest absolute Gasteiger partial charge is 0.461 e. The average molecular weight is 409 g/mol. The van der Waals surface area contributed by atoms with E-state index in [1.165, 1.54) is 0 Å². The minimum atomic E-state index is -0.451. The number of cyclic esters (lactones) is 1. The van der Waals surface area contributed by atoms with Crippen molar-refractivity contribution in [3.63, 3.8) is 0 Å². The molecule has 1 atom stereocenters. The van der Waals surface area contributed by atoms with Crippen LogP contribution in [0.15, 0.2) is 30.7 Å². The average Bonchev–Trinajstić information content (AvgIpc) is 3.02. The van der Waals surface area contributed by atoms with Crippen LogP contribution < -0.4 is 0 Å². The topological polar surface area (TPSA) is 88.5 Å². The molecule has 0 radical (unpaired) electrons. The summed E-state index contributed by atoms with van der Waals surface area (Å²) < 4.78 is 5.61. The van der Waals surface area contributed by atoms with E-state index in [2.05, 4.69) is 15.0 Å². The van der Waals surface area contributed by atoms with Gasteiger partial charge in [0.25, 0.3) is 5.91 Å². The highest BCUT2D eigenvalue weighted by Crippen LogP contribution is 2.43. The number of amides is 1. The van der Waals surface area contributed by atoms with Gasteiger partial charge in [-0.15, -0.1) is 0 Å². The molecular weight excluding hydrogens is 382 g/mol. The summed E-state index contributed by atoms with van der Waals surface area (Å²) in [7, 11) is 3.95. The first-order valence-electron chi connectivity index (χ1n) is 10.3. The third-order valence-corrected chi connectivity index (χ3v) is 6.03. The molecule has 0 aromatic carbocycles. The number of piperidine rings is 1. The molecule has 0 aliphatic carbocycles. The number of aromatic nitrogens is 3. The Hall–Kier alpha value is -2.87. The van der Waals surface area contributed by atoms with Crippen LogP contribution in [0, 0.1) is 12.3 Å². The lowest BCUT2D eigenvalue weighted by Gasteiger charge is -2.36. The molecule has 4 rings (SSSR count). The van der Waals surface area contributed by atoms with E-state index in [4.69, 9.17) is 4.74 Å². The summed E-state index contributed by atoms with van der Waals surface area (Å²) in [5, 5.41) is 0. The number of carbonyl (C=O) groups excluding carboxylic acids is 2. The Balaban J connectivity index is 1.43. The molecule has 1 amide bonds. The van der Waals surface area contributed by atoms with Crippen molar-refractivity contribution in [1.82, 2.24) is 24.8 Å². The lowest BCUT2D eigenvalue weighted by molar-refractivity contribution is -0.150. The number of rotatable bonds is 4. The molecule has 2 aromatic heterocycles. The Labute approximate surface area is 176 Å². The zero-order valence-electron chi connectivity index (χ0n) is 17.7. The van der Waals surface area contributed by atoms with E-state index < -0.39 is 5.41 Å². The molecule has 8 nitrogen and oxygen atoms in total. The van der Waals surface area contributed by atoms with Gasteiger partial charge in [0.2, 0.25) is 0 Å². The normalized spacial score (nSPS) is 20.6. The Bertz CT molecular complexity index is 939. The van der Waals surface area contributed by atoms with Gasteiger partial charge in [-0.05, 0) is 46.0 Å². The fraction of sp³-hybridized carbons (Fsp3) is 0.500. The number of carbonyl (C=O) groups is 2. The van der Waals surface area contributed by atoms with Crippen LogP contribution in [0.4, 0.5) is 0 Å². The molecule has 0 N–H and O–H groups in total. The number of hydrogen-bond acceptors (Lipinski definition) is 7. The summed E-state index contributed by atoms with van der Waals surface area (Å²) in [6, 6.07) is 3.71. The second-order valence-electron chi connectivity index (χ2n) is 8.50. The summed E-state index contributed by atoms with van der Waals surface area (Å²) in [4.78, 5) is 42.4. The molecule has 158 valence electrons. The molecule has 0 saturated carbocycles. The summed E-state index contributed by atoms with van der Waals surface area (Å²) in [6.45, 7) is 3.62. The predicted molar refractivity (Wildman–Crippen MR) is 111 cm³/mol. The van der Waals surface area contributed by atoms with Gasteiger partial charge in [-0.25, -0.2) is 9.97 Å². The molecule has 1 unspecified atom stereocenters. The molecule has 8 heteroatoms. The van der Waals surface area contributed by atoms with Gasteiger partial charge in [0.1, 0.15) is 6.10 Å². The number of likely N-dealkylation sites (N-methyl/N-ethyl adjacent to an activating group) is 1. The van der Waals surface area contributed by atoms with E-state index >= 15 is 0 Å². The lowest BCUT2D eigenvalue weighted by Crippen LogP contribution is -2.45. The van der Waals surface area contributed by atoms with E-state index in [0.717, 1.165) is 18.5 Å². The molecule has 1 spiro atoms. The van der Waals surface area contributed by atoms with Crippen LogP contribution in [-0.2, 0) is 9.53 Å². The fourth-order valence-electron chi connectivity index (χ4n) is 4.37. The van der Waals surface area contributed by atoms with Crippen molar-refractivity contribution in [3.8, 4) is 11.4 Å². The summed E-state index contributed by atoms with van der Waals surface area (Å²) in [5.41, 5.74) is 1.50. The first kappa shape index (κ1) is 20.4. The van der Waals surface area contributed by atoms with E-state index in [1.54, 1.807) is 23.5 Å². The van der Waals surface area contributed by atoms with Gasteiger partial charge in [0, 0.05) is 50.2 Å². The van der Waals surface area contributed by atoms with Crippen molar-refractivity contribution in [2.45, 2.75) is 32.3 Å². The molecular formula is C22H27N5O3. The van der Waals surface area contributed by atoms with Crippen molar-refractivity contribution in [2.75, 3.05) is 33.7 Å². The van der Waals surface area contributed by atoms with Crippen LogP contribution >= 0.6 is 0 Å². The maximum atomic E-state index is 13.1. The van der Waals surface area contributed by atoms with Crippen LogP contribution in [0.3, 0.4) is 0 Å². The smallest absolute Gasteiger partial charge is 0.312 e. The van der Waals surface area contributed by atoms with E-state index in [1.807, 2.05) is 38.1 Å². The van der Waals surface area contributed by atoms with Crippen LogP contribution in [0.2, 0.25) is 0 Å². The molecule has 4 heterocycles. The molecule has 2 saturated heterocycles. The van der Waals surface area contributed by atoms with Crippen molar-refractivity contribution in [2.24, 2.45) is 5.41 Å². The van der Waals surface area contributed by atoms with Gasteiger partial charge >= 0.3 is 5.97 Å². The van der Waals surface area contributed by atoms with Gasteiger partial charge in [0.05, 0.1) is 16.7 Å². The number of likely N-dealkylation sites (tertiary alicyclic amines) is 1. The second-order valence-corrected chi connectivity index (χ2v) is 8.50. The number of aryl methyl sites for hydroxylation is 1. The van der Waals surface area contributed by atoms with Crippen LogP contribution in [0.25, 0.3) is 11.4 Å². The Morgan fingerprint density at radius 3 is 2.70 bits per heavy atom. The maximum absolute atomic E-state index is 13.1. The van der Waals surface area contributed by atoms with Crippen LogP contribution in [0.5, 0.6) is 0 Å². The highest BCUT2D eigenvalue weighted by Gasteiger charge is 2.50. The molecule has 2 aliphatic heterocycles. The standard InChI is InChI=1S/C22H27N5O3/c1-15-18(13-24-19(25-15)16-5-4-8-23-12-16)20(28)27-9-6-22(7-10-27)11-17(14-26(2)3)30-21(22)29/h4-5,8,12-13,17H,6-7,9-11,14H2,1-3H3. The van der Waals surface area contributed by atoms with Crippen molar-refractivity contribution in [3.05, 3.63) is 42.0 Å². The van der Waals surface area contributed by atoms with Gasteiger partial charge < -0.3 is 14.5 Å². The molecule has 2 aromatic rings. The van der Waals surface area contributed by atoms with Gasteiger partial charge in [-0.3, -0.25) is 14.6 Å². The summed E-state index contributed by atoms with van der Waals surface area (Å²) >= 11 is 0. The number of ether oxygens (including phenoxy) is 1. The number of pyridine rings is 1. The third kappa shape index (κ3) is 3.92. The van der Waals surface area contributed by atoms with Crippen molar-refractivity contribution in [1.29, 1.82) is 0 Å². The zero-order chi connectivity index (χ0) is 21.3. The summed E-state index contributed by atoms with van der Waals surface area (Å²) in [6.07, 6.45) is 6.92. The quantitative estimate of drug-likeness (QED) is 0.713. The van der Waals surface area contributed by atoms with Crippen LogP contribution in [0.1, 0.15) is 35.3 Å². The monoisotopic (exact) mass is 409 g/mol. The number of hydrogen-bond donors (Lipinski definition) is 0. The molecule has 30 heavy (non-hydrogen) atoms. The minimum absolute atomic E-state index is 0.0644. The highest BCUT2D eigenvalue weighted by atomic mass is 16.6. The number of esters is 1. The van der Waals surface area contributed by atoms with E-state index in [9.17, 15) is 9.59 Å². The molecule has 2 fully saturated rings. The highest BCUT2D eigenvalue weighted by molar-refractivity contribution is 5.95. The van der Waals surface area contributed by atoms with Crippen LogP contribution in [-0.4, -0.2) is 76.5 Å². The van der Waals surface area contributed by atoms with E-state index in [-0.39, 0.29) is 18.0 Å². The first-order chi connectivity index (χ1) is 14.4. The zero-order valence-corrected chi connectivity index (χ0v) is 17.7. The SMILES string of the molecule is Cc1nc(-c2cccnc2)ncc1C(=O)N1CCC2(CC1)CC(CN(C)C)OC2=O. The van der Waals surface area contributed by atoms with E-state index in [0.29, 0.717) is 43.0 Å². The fourth-order valence-corrected chi connectivity index (χ4v) is 4.37. The first-order valence-corrected chi connectivity index (χ1v) is 10.3. The number of nitrogens with zero attached hydrogens (tertiary/aromatic N) is 5. The maximum Gasteiger partial charge on any atom is 0.312 e. The third-order valence-electron chi connectivity index (χ3n) is 6.03. The van der Waals surface area contributed by atoms with Gasteiger partial charge in [-0.2, -0.15) is 0 Å². The molecule has 2 aliphatic rings. The molecule has 0 bridgehead atoms. The minimum Gasteiger partial charge on any atom is -0.461 e. The Morgan fingerprint density at radius 1 is 1.30 bits per heavy atom. The summed E-state index contributed by atoms with van der Waals surface area (Å²) in [5.74, 6) is 0.355. The van der Waals surface area contributed by atoms with Gasteiger partial charge in [0.15, 0.2) is 5.82 Å². The lowest BCUT2D eigenvalue weighted by atomic mass is 9.76. The Morgan fingerprint density at radius 2 is 2.07 bits per heavy atom. The second kappa shape index (κ2) is 8.10. The van der Waals surface area contributed by atoms with Crippen molar-refractivity contribution < 1.29 is 14.3 Å². The van der Waals surface area contributed by atoms with Gasteiger partial charge in [-0.1, -0.05) is 0 Å². The van der Waals surface area contributed by atoms with Crippen molar-refractivity contribution >= 4 is 11.9 Å². The Kier molecular flexibility index (Phi) is 5.51.